The van der Waals surface area contributed by atoms with Crippen LogP contribution < -0.4 is 10.6 Å². The molecule has 2 unspecified atom stereocenters. The molecule has 0 radical (unpaired) electrons. The molecule has 1 saturated heterocycles. The van der Waals surface area contributed by atoms with Crippen molar-refractivity contribution in [2.24, 2.45) is 0 Å². The van der Waals surface area contributed by atoms with Gasteiger partial charge in [-0.3, -0.25) is 0 Å². The van der Waals surface area contributed by atoms with E-state index in [1.54, 1.807) is 11.3 Å². The molecule has 5 heteroatoms. The van der Waals surface area contributed by atoms with Crippen LogP contribution in [0.1, 0.15) is 22.9 Å². The summed E-state index contributed by atoms with van der Waals surface area (Å²) in [6.07, 6.45) is 1.95. The van der Waals surface area contributed by atoms with E-state index in [1.807, 2.05) is 18.0 Å². The topological polar surface area (TPSA) is 37.0 Å². The number of nitrogens with zero attached hydrogens (tertiary/aromatic N) is 1. The minimum Gasteiger partial charge on any atom is -0.311 e. The van der Waals surface area contributed by atoms with Gasteiger partial charge in [0.1, 0.15) is 5.01 Å². The van der Waals surface area contributed by atoms with Gasteiger partial charge in [-0.05, 0) is 13.8 Å². The molecule has 2 N–H and O–H groups in total. The highest BCUT2D eigenvalue weighted by atomic mass is 32.2. The molecule has 1 aliphatic rings. The lowest BCUT2D eigenvalue weighted by molar-refractivity contribution is 0.476. The molecule has 2 heterocycles. The molecular formula is C11H19N3S2. The minimum absolute atomic E-state index is 0.368. The van der Waals surface area contributed by atoms with Gasteiger partial charge in [-0.15, -0.1) is 11.3 Å². The van der Waals surface area contributed by atoms with Gasteiger partial charge in [0.05, 0.1) is 6.04 Å². The Balaban J connectivity index is 1.76. The summed E-state index contributed by atoms with van der Waals surface area (Å²) in [5.41, 5.74) is 0. The summed E-state index contributed by atoms with van der Waals surface area (Å²) in [5, 5.41) is 8.28. The lowest BCUT2D eigenvalue weighted by Gasteiger charge is -2.24. The van der Waals surface area contributed by atoms with Crippen LogP contribution in [0, 0.1) is 6.92 Å². The maximum Gasteiger partial charge on any atom is 0.109 e. The average molecular weight is 257 g/mol. The molecule has 0 saturated carbocycles. The summed E-state index contributed by atoms with van der Waals surface area (Å²) >= 11 is 3.82. The minimum atomic E-state index is 0.368. The molecule has 0 aromatic carbocycles. The van der Waals surface area contributed by atoms with E-state index < -0.39 is 0 Å². The van der Waals surface area contributed by atoms with Crippen molar-refractivity contribution in [1.29, 1.82) is 0 Å². The lowest BCUT2D eigenvalue weighted by Crippen LogP contribution is -2.44. The largest absolute Gasteiger partial charge is 0.311 e. The summed E-state index contributed by atoms with van der Waals surface area (Å²) in [6.45, 7) is 6.47. The van der Waals surface area contributed by atoms with E-state index >= 15 is 0 Å². The Morgan fingerprint density at radius 1 is 1.69 bits per heavy atom. The van der Waals surface area contributed by atoms with Crippen molar-refractivity contribution >= 4 is 23.1 Å². The molecule has 3 nitrogen and oxygen atoms in total. The quantitative estimate of drug-likeness (QED) is 0.862. The maximum absolute atomic E-state index is 4.41. The van der Waals surface area contributed by atoms with Crippen LogP contribution in [0.3, 0.4) is 0 Å². The van der Waals surface area contributed by atoms with Crippen LogP contribution in [0.2, 0.25) is 0 Å². The smallest absolute Gasteiger partial charge is 0.109 e. The van der Waals surface area contributed by atoms with Gasteiger partial charge in [-0.2, -0.15) is 11.8 Å². The third-order valence-electron chi connectivity index (χ3n) is 2.68. The molecular weight excluding hydrogens is 238 g/mol. The summed E-state index contributed by atoms with van der Waals surface area (Å²) in [6, 6.07) is 0.981. The zero-order valence-corrected chi connectivity index (χ0v) is 11.5. The van der Waals surface area contributed by atoms with Gasteiger partial charge in [-0.25, -0.2) is 4.98 Å². The zero-order valence-electron chi connectivity index (χ0n) is 9.82. The molecule has 2 atom stereocenters. The van der Waals surface area contributed by atoms with Crippen molar-refractivity contribution in [3.63, 3.8) is 0 Å². The molecule has 1 fully saturated rings. The highest BCUT2D eigenvalue weighted by molar-refractivity contribution is 7.99. The summed E-state index contributed by atoms with van der Waals surface area (Å²) in [7, 11) is 0. The predicted molar refractivity (Wildman–Crippen MR) is 72.4 cm³/mol. The van der Waals surface area contributed by atoms with E-state index in [4.69, 9.17) is 0 Å². The number of aryl methyl sites for hydroxylation is 1. The van der Waals surface area contributed by atoms with Gasteiger partial charge in [0.25, 0.3) is 0 Å². The fourth-order valence-electron chi connectivity index (χ4n) is 1.73. The van der Waals surface area contributed by atoms with Gasteiger partial charge in [0.15, 0.2) is 0 Å². The first kappa shape index (κ1) is 12.4. The maximum atomic E-state index is 4.41. The molecule has 0 spiro atoms. The van der Waals surface area contributed by atoms with Gasteiger partial charge >= 0.3 is 0 Å². The fraction of sp³-hybridized carbons (Fsp3) is 0.727. The van der Waals surface area contributed by atoms with Gasteiger partial charge in [-0.1, -0.05) is 0 Å². The first-order chi connectivity index (χ1) is 7.75. The van der Waals surface area contributed by atoms with Crippen molar-refractivity contribution in [2.75, 3.05) is 24.6 Å². The third-order valence-corrected chi connectivity index (χ3v) is 4.90. The van der Waals surface area contributed by atoms with Crippen LogP contribution >= 0.6 is 23.1 Å². The average Bonchev–Trinajstić information content (AvgIpc) is 2.74. The molecule has 0 amide bonds. The van der Waals surface area contributed by atoms with Crippen LogP contribution in [0.15, 0.2) is 6.20 Å². The molecule has 0 bridgehead atoms. The van der Waals surface area contributed by atoms with Crippen molar-refractivity contribution in [2.45, 2.75) is 25.9 Å². The first-order valence-electron chi connectivity index (χ1n) is 5.72. The number of nitrogens with one attached hydrogen (secondary N) is 2. The highest BCUT2D eigenvalue weighted by Gasteiger charge is 2.15. The van der Waals surface area contributed by atoms with E-state index in [2.05, 4.69) is 29.5 Å². The van der Waals surface area contributed by atoms with E-state index in [-0.39, 0.29) is 0 Å². The molecule has 0 aliphatic carbocycles. The second-order valence-electron chi connectivity index (χ2n) is 4.17. The number of thiazole rings is 1. The number of aromatic nitrogens is 1. The summed E-state index contributed by atoms with van der Waals surface area (Å²) in [4.78, 5) is 5.70. The Morgan fingerprint density at radius 3 is 3.19 bits per heavy atom. The standard InChI is InChI=1S/C11H19N3S2/c1-8-5-14-11(16-8)9(2)13-6-10-7-15-4-3-12-10/h5,9-10,12-13H,3-4,6-7H2,1-2H3. The fourth-order valence-corrected chi connectivity index (χ4v) is 3.48. The number of rotatable bonds is 4. The molecule has 2 rings (SSSR count). The lowest BCUT2D eigenvalue weighted by atomic mass is 10.3. The highest BCUT2D eigenvalue weighted by Crippen LogP contribution is 2.19. The molecule has 1 aliphatic heterocycles. The zero-order chi connectivity index (χ0) is 11.4. The molecule has 1 aromatic rings. The van der Waals surface area contributed by atoms with Crippen LogP contribution in [0.5, 0.6) is 0 Å². The third kappa shape index (κ3) is 3.45. The van der Waals surface area contributed by atoms with E-state index in [1.165, 1.54) is 21.4 Å². The van der Waals surface area contributed by atoms with Gasteiger partial charge in [0, 0.05) is 41.7 Å². The Labute approximate surface area is 105 Å². The van der Waals surface area contributed by atoms with E-state index in [0.717, 1.165) is 13.1 Å². The van der Waals surface area contributed by atoms with Crippen molar-refractivity contribution in [3.8, 4) is 0 Å². The Hall–Kier alpha value is -0.100. The van der Waals surface area contributed by atoms with Gasteiger partial charge in [0.2, 0.25) is 0 Å². The van der Waals surface area contributed by atoms with Crippen molar-refractivity contribution in [1.82, 2.24) is 15.6 Å². The van der Waals surface area contributed by atoms with Gasteiger partial charge < -0.3 is 10.6 Å². The van der Waals surface area contributed by atoms with Crippen LogP contribution in [0.4, 0.5) is 0 Å². The summed E-state index contributed by atoms with van der Waals surface area (Å²) in [5.74, 6) is 2.47. The normalized spacial score (nSPS) is 23.2. The Bertz CT molecular complexity index is 321. The number of hydrogen-bond donors (Lipinski definition) is 2. The first-order valence-corrected chi connectivity index (χ1v) is 7.69. The van der Waals surface area contributed by atoms with Crippen LogP contribution in [-0.2, 0) is 0 Å². The Morgan fingerprint density at radius 2 is 2.56 bits per heavy atom. The molecule has 16 heavy (non-hydrogen) atoms. The molecule has 1 aromatic heterocycles. The Kier molecular flexibility index (Phi) is 4.64. The van der Waals surface area contributed by atoms with Crippen molar-refractivity contribution in [3.05, 3.63) is 16.1 Å². The predicted octanol–water partition coefficient (Wildman–Crippen LogP) is 1.81. The number of hydrogen-bond acceptors (Lipinski definition) is 5. The van der Waals surface area contributed by atoms with Crippen LogP contribution in [-0.4, -0.2) is 35.6 Å². The van der Waals surface area contributed by atoms with E-state index in [9.17, 15) is 0 Å². The summed E-state index contributed by atoms with van der Waals surface area (Å²) < 4.78 is 0. The number of thioether (sulfide) groups is 1. The van der Waals surface area contributed by atoms with Crippen LogP contribution in [0.25, 0.3) is 0 Å². The second kappa shape index (κ2) is 6.00. The second-order valence-corrected chi connectivity index (χ2v) is 6.58. The van der Waals surface area contributed by atoms with Crippen molar-refractivity contribution < 1.29 is 0 Å². The molecule has 90 valence electrons. The van der Waals surface area contributed by atoms with E-state index in [0.29, 0.717) is 12.1 Å². The SMILES string of the molecule is Cc1cnc(C(C)NCC2CSCCN2)s1. The monoisotopic (exact) mass is 257 g/mol.